The van der Waals surface area contributed by atoms with Gasteiger partial charge in [-0.1, -0.05) is 26.0 Å². The summed E-state index contributed by atoms with van der Waals surface area (Å²) in [7, 11) is 1.71. The van der Waals surface area contributed by atoms with Crippen molar-refractivity contribution in [3.8, 4) is 0 Å². The Kier molecular flexibility index (Phi) is 9.44. The number of hydrogen-bond donors (Lipinski definition) is 1. The smallest absolute Gasteiger partial charge is 0.248 e. The molecule has 4 heterocycles. The Bertz CT molecular complexity index is 983. The van der Waals surface area contributed by atoms with Gasteiger partial charge >= 0.3 is 0 Å². The molecule has 4 saturated heterocycles. The lowest BCUT2D eigenvalue weighted by Gasteiger charge is -2.40. The van der Waals surface area contributed by atoms with Gasteiger partial charge in [-0.2, -0.15) is 0 Å². The maximum Gasteiger partial charge on any atom is 0.248 e. The molecule has 3 amide bonds. The van der Waals surface area contributed by atoms with Crippen molar-refractivity contribution in [3.05, 3.63) is 25.3 Å². The van der Waals surface area contributed by atoms with Crippen LogP contribution in [0.4, 0.5) is 0 Å². The van der Waals surface area contributed by atoms with E-state index >= 15 is 0 Å². The molecule has 10 nitrogen and oxygen atoms in total. The quantitative estimate of drug-likeness (QED) is 0.337. The Labute approximate surface area is 238 Å². The third kappa shape index (κ3) is 5.35. The second-order valence-electron chi connectivity index (χ2n) is 12.5. The summed E-state index contributed by atoms with van der Waals surface area (Å²) in [5.74, 6) is -1.95. The molecular formula is C30H48N4O6. The molecule has 40 heavy (non-hydrogen) atoms. The van der Waals surface area contributed by atoms with E-state index in [9.17, 15) is 19.5 Å². The molecule has 4 aliphatic rings. The molecule has 4 fully saturated rings. The standard InChI is InChI=1S/C30H48N4O6/c1-7-11-31(6)26(36)23-24-27(37)34(22(20-35)19-21(3)4)25(30(24)10-9-29(23,5)40-30)28(38)33(12-8-2)14-13-32-15-17-39-18-16-32/h7-8,21-25,35H,1-2,9-20H2,3-6H3/t22-,23+,24+,25?,29-,30?/m1/s1. The summed E-state index contributed by atoms with van der Waals surface area (Å²) in [6.45, 7) is 18.1. The highest BCUT2D eigenvalue weighted by molar-refractivity contribution is 5.99. The molecule has 0 aromatic rings. The third-order valence-corrected chi connectivity index (χ3v) is 9.29. The molecule has 224 valence electrons. The first-order valence-corrected chi connectivity index (χ1v) is 14.7. The Morgan fingerprint density at radius 1 is 1.15 bits per heavy atom. The lowest BCUT2D eigenvalue weighted by molar-refractivity contribution is -0.156. The van der Waals surface area contributed by atoms with E-state index in [2.05, 4.69) is 18.1 Å². The zero-order valence-corrected chi connectivity index (χ0v) is 24.7. The van der Waals surface area contributed by atoms with Gasteiger partial charge in [0.1, 0.15) is 11.6 Å². The van der Waals surface area contributed by atoms with Crippen molar-refractivity contribution in [1.82, 2.24) is 19.6 Å². The number of aliphatic hydroxyl groups is 1. The number of likely N-dealkylation sites (N-methyl/N-ethyl adjacent to an activating group) is 1. The van der Waals surface area contributed by atoms with Crippen molar-refractivity contribution in [3.63, 3.8) is 0 Å². The van der Waals surface area contributed by atoms with Gasteiger partial charge < -0.3 is 29.3 Å². The molecule has 4 rings (SSSR count). The van der Waals surface area contributed by atoms with Crippen LogP contribution in [0.5, 0.6) is 0 Å². The van der Waals surface area contributed by atoms with Gasteiger partial charge in [-0.3, -0.25) is 19.3 Å². The molecule has 2 unspecified atom stereocenters. The minimum absolute atomic E-state index is 0.171. The number of hydrogen-bond acceptors (Lipinski definition) is 7. The van der Waals surface area contributed by atoms with E-state index in [0.717, 1.165) is 13.1 Å². The molecule has 0 aromatic carbocycles. The molecule has 1 spiro atoms. The second kappa shape index (κ2) is 12.3. The summed E-state index contributed by atoms with van der Waals surface area (Å²) in [6, 6.07) is -1.47. The van der Waals surface area contributed by atoms with E-state index < -0.39 is 35.1 Å². The average Bonchev–Trinajstić information content (AvgIpc) is 3.50. The van der Waals surface area contributed by atoms with Crippen LogP contribution < -0.4 is 0 Å². The summed E-state index contributed by atoms with van der Waals surface area (Å²) in [6.07, 6.45) is 4.99. The fourth-order valence-electron chi connectivity index (χ4n) is 7.46. The Morgan fingerprint density at radius 3 is 2.42 bits per heavy atom. The summed E-state index contributed by atoms with van der Waals surface area (Å²) in [4.78, 5) is 50.0. The fraction of sp³-hybridized carbons (Fsp3) is 0.767. The van der Waals surface area contributed by atoms with Crippen LogP contribution >= 0.6 is 0 Å². The maximum atomic E-state index is 14.6. The third-order valence-electron chi connectivity index (χ3n) is 9.29. The largest absolute Gasteiger partial charge is 0.394 e. The molecule has 10 heteroatoms. The molecule has 0 aliphatic carbocycles. The molecule has 0 radical (unpaired) electrons. The van der Waals surface area contributed by atoms with Crippen molar-refractivity contribution in [1.29, 1.82) is 0 Å². The number of rotatable bonds is 13. The minimum Gasteiger partial charge on any atom is -0.394 e. The van der Waals surface area contributed by atoms with Crippen molar-refractivity contribution in [2.75, 3.05) is 66.1 Å². The predicted molar refractivity (Wildman–Crippen MR) is 151 cm³/mol. The highest BCUT2D eigenvalue weighted by Gasteiger charge is 2.78. The zero-order valence-electron chi connectivity index (χ0n) is 24.7. The molecule has 4 aliphatic heterocycles. The first-order valence-electron chi connectivity index (χ1n) is 14.7. The van der Waals surface area contributed by atoms with Crippen molar-refractivity contribution >= 4 is 17.7 Å². The lowest BCUT2D eigenvalue weighted by Crippen LogP contribution is -2.59. The van der Waals surface area contributed by atoms with E-state index in [-0.39, 0.29) is 30.2 Å². The van der Waals surface area contributed by atoms with Crippen LogP contribution in [0, 0.1) is 17.8 Å². The van der Waals surface area contributed by atoms with Crippen LogP contribution in [-0.2, 0) is 23.9 Å². The van der Waals surface area contributed by atoms with Crippen molar-refractivity contribution in [2.45, 2.75) is 63.3 Å². The number of carbonyl (C=O) groups is 3. The number of carbonyl (C=O) groups excluding carboxylic acids is 3. The first kappa shape index (κ1) is 30.7. The van der Waals surface area contributed by atoms with Crippen LogP contribution in [0.15, 0.2) is 25.3 Å². The van der Waals surface area contributed by atoms with E-state index in [4.69, 9.17) is 9.47 Å². The number of fused-ring (bicyclic) bond motifs is 1. The minimum atomic E-state index is -1.12. The van der Waals surface area contributed by atoms with E-state index in [1.165, 1.54) is 0 Å². The topological polar surface area (TPSA) is 103 Å². The molecule has 1 N–H and O–H groups in total. The molecular weight excluding hydrogens is 512 g/mol. The Morgan fingerprint density at radius 2 is 1.82 bits per heavy atom. The van der Waals surface area contributed by atoms with Gasteiger partial charge in [-0.15, -0.1) is 13.2 Å². The zero-order chi connectivity index (χ0) is 29.2. The summed E-state index contributed by atoms with van der Waals surface area (Å²) in [5, 5.41) is 10.5. The van der Waals surface area contributed by atoms with E-state index in [0.29, 0.717) is 58.7 Å². The van der Waals surface area contributed by atoms with Crippen molar-refractivity contribution in [2.24, 2.45) is 17.8 Å². The Hall–Kier alpha value is -2.27. The number of amides is 3. The number of likely N-dealkylation sites (tertiary alicyclic amines) is 1. The SMILES string of the molecule is C=CCN(C)C(=O)[C@@H]1[C@H]2C(=O)N([C@@H](CO)CC(C)C)C(C(=O)N(CC=C)CCN3CCOCC3)C23CC[C@@]1(C)O3. The highest BCUT2D eigenvalue weighted by atomic mass is 16.5. The van der Waals surface area contributed by atoms with Crippen LogP contribution in [0.3, 0.4) is 0 Å². The van der Waals surface area contributed by atoms with Crippen LogP contribution in [0.1, 0.15) is 40.0 Å². The fourth-order valence-corrected chi connectivity index (χ4v) is 7.46. The van der Waals surface area contributed by atoms with Gasteiger partial charge in [0.05, 0.1) is 43.3 Å². The molecule has 6 atom stereocenters. The van der Waals surface area contributed by atoms with Crippen LogP contribution in [0.25, 0.3) is 0 Å². The normalized spacial score (nSPS) is 32.3. The molecule has 2 bridgehead atoms. The summed E-state index contributed by atoms with van der Waals surface area (Å²) < 4.78 is 12.2. The van der Waals surface area contributed by atoms with Gasteiger partial charge in [0.2, 0.25) is 17.7 Å². The van der Waals surface area contributed by atoms with Crippen molar-refractivity contribution < 1.29 is 29.0 Å². The summed E-state index contributed by atoms with van der Waals surface area (Å²) in [5.41, 5.74) is -1.97. The van der Waals surface area contributed by atoms with Gasteiger partial charge in [0.25, 0.3) is 0 Å². The van der Waals surface area contributed by atoms with Crippen LogP contribution in [0.2, 0.25) is 0 Å². The molecule has 0 saturated carbocycles. The summed E-state index contributed by atoms with van der Waals surface area (Å²) >= 11 is 0. The van der Waals surface area contributed by atoms with Gasteiger partial charge in [-0.25, -0.2) is 0 Å². The van der Waals surface area contributed by atoms with Gasteiger partial charge in [0.15, 0.2) is 0 Å². The van der Waals surface area contributed by atoms with E-state index in [1.807, 2.05) is 20.8 Å². The van der Waals surface area contributed by atoms with Gasteiger partial charge in [-0.05, 0) is 32.1 Å². The predicted octanol–water partition coefficient (Wildman–Crippen LogP) is 1.15. The lowest BCUT2D eigenvalue weighted by atomic mass is 9.66. The van der Waals surface area contributed by atoms with Gasteiger partial charge in [0, 0.05) is 46.3 Å². The number of aliphatic hydroxyl groups excluding tert-OH is 1. The maximum absolute atomic E-state index is 14.6. The highest BCUT2D eigenvalue weighted by Crippen LogP contribution is 2.64. The monoisotopic (exact) mass is 560 g/mol. The number of morpholine rings is 1. The van der Waals surface area contributed by atoms with Crippen LogP contribution in [-0.4, -0.2) is 132 Å². The number of nitrogens with zero attached hydrogens (tertiary/aromatic N) is 4. The number of ether oxygens (including phenoxy) is 2. The first-order chi connectivity index (χ1) is 19.0. The molecule has 0 aromatic heterocycles. The van der Waals surface area contributed by atoms with E-state index in [1.54, 1.807) is 33.9 Å². The Balaban J connectivity index is 1.73. The second-order valence-corrected chi connectivity index (χ2v) is 12.5. The average molecular weight is 561 g/mol.